The van der Waals surface area contributed by atoms with Crippen LogP contribution in [0.5, 0.6) is 0 Å². The summed E-state index contributed by atoms with van der Waals surface area (Å²) in [5.41, 5.74) is 5.17. The normalized spacial score (nSPS) is 17.9. The maximum atomic E-state index is 4.53. The first-order chi connectivity index (χ1) is 9.79. The number of aryl methyl sites for hydroxylation is 1. The fourth-order valence-electron chi connectivity index (χ4n) is 2.96. The summed E-state index contributed by atoms with van der Waals surface area (Å²) in [6.07, 6.45) is 3.02. The number of nitrogens with one attached hydrogen (secondary N) is 1. The van der Waals surface area contributed by atoms with E-state index in [0.717, 1.165) is 19.5 Å². The molecule has 0 fully saturated rings. The number of para-hydroxylation sites is 1. The van der Waals surface area contributed by atoms with Gasteiger partial charge in [-0.2, -0.15) is 0 Å². The van der Waals surface area contributed by atoms with Gasteiger partial charge in [-0.1, -0.05) is 24.3 Å². The van der Waals surface area contributed by atoms with Gasteiger partial charge in [-0.05, 0) is 43.7 Å². The number of hydrogen-bond donors (Lipinski definition) is 1. The number of nitrogens with zero attached hydrogens (tertiary/aromatic N) is 2. The summed E-state index contributed by atoms with van der Waals surface area (Å²) in [7, 11) is 2.04. The van der Waals surface area contributed by atoms with Crippen molar-refractivity contribution < 1.29 is 0 Å². The number of benzene rings is 1. The lowest BCUT2D eigenvalue weighted by molar-refractivity contribution is 0.514. The quantitative estimate of drug-likeness (QED) is 0.926. The van der Waals surface area contributed by atoms with E-state index in [1.165, 1.54) is 22.5 Å². The zero-order valence-electron chi connectivity index (χ0n) is 12.1. The van der Waals surface area contributed by atoms with Crippen LogP contribution in [0.3, 0.4) is 0 Å². The number of fused-ring (bicyclic) bond motifs is 1. The van der Waals surface area contributed by atoms with Gasteiger partial charge in [0.05, 0.1) is 12.2 Å². The van der Waals surface area contributed by atoms with Gasteiger partial charge >= 0.3 is 0 Å². The summed E-state index contributed by atoms with van der Waals surface area (Å²) in [5, 5.41) is 3.41. The van der Waals surface area contributed by atoms with E-state index in [-0.39, 0.29) is 0 Å². The fraction of sp³-hybridized carbons (Fsp3) is 0.353. The maximum absolute atomic E-state index is 4.53. The molecule has 3 rings (SSSR count). The Morgan fingerprint density at radius 3 is 2.90 bits per heavy atom. The smallest absolute Gasteiger partial charge is 0.0626 e. The predicted molar refractivity (Wildman–Crippen MR) is 82.9 cm³/mol. The van der Waals surface area contributed by atoms with E-state index in [4.69, 9.17) is 0 Å². The lowest BCUT2D eigenvalue weighted by Crippen LogP contribution is -2.34. The number of hydrogen-bond acceptors (Lipinski definition) is 3. The van der Waals surface area contributed by atoms with Crippen LogP contribution in [0.1, 0.15) is 29.3 Å². The van der Waals surface area contributed by atoms with E-state index in [1.54, 1.807) is 0 Å². The Morgan fingerprint density at radius 2 is 2.10 bits per heavy atom. The van der Waals surface area contributed by atoms with E-state index in [9.17, 15) is 0 Å². The topological polar surface area (TPSA) is 28.2 Å². The summed E-state index contributed by atoms with van der Waals surface area (Å²) in [5.74, 6) is 0. The maximum Gasteiger partial charge on any atom is 0.0626 e. The molecule has 1 aliphatic heterocycles. The molecular formula is C17H21N3. The Labute approximate surface area is 120 Å². The van der Waals surface area contributed by atoms with Gasteiger partial charge in [0.1, 0.15) is 0 Å². The average Bonchev–Trinajstić information content (AvgIpc) is 2.50. The van der Waals surface area contributed by atoms with Crippen molar-refractivity contribution in [2.24, 2.45) is 0 Å². The predicted octanol–water partition coefficient (Wildman–Crippen LogP) is 3.06. The van der Waals surface area contributed by atoms with Crippen LogP contribution in [0, 0.1) is 6.92 Å². The number of rotatable bonds is 3. The van der Waals surface area contributed by atoms with Crippen LogP contribution in [0.15, 0.2) is 42.6 Å². The Balaban J connectivity index is 1.90. The summed E-state index contributed by atoms with van der Waals surface area (Å²) >= 11 is 0. The largest absolute Gasteiger partial charge is 0.365 e. The number of aromatic nitrogens is 1. The molecule has 0 radical (unpaired) electrons. The minimum atomic E-state index is 0.465. The van der Waals surface area contributed by atoms with Gasteiger partial charge in [0.25, 0.3) is 0 Å². The van der Waals surface area contributed by atoms with E-state index in [2.05, 4.69) is 52.5 Å². The third-order valence-corrected chi connectivity index (χ3v) is 4.15. The highest BCUT2D eigenvalue weighted by Crippen LogP contribution is 2.34. The summed E-state index contributed by atoms with van der Waals surface area (Å²) in [6, 6.07) is 13.3. The van der Waals surface area contributed by atoms with Crippen molar-refractivity contribution in [2.75, 3.05) is 18.5 Å². The van der Waals surface area contributed by atoms with Crippen molar-refractivity contribution in [2.45, 2.75) is 25.9 Å². The first kappa shape index (κ1) is 13.1. The first-order valence-corrected chi connectivity index (χ1v) is 7.21. The third kappa shape index (κ3) is 2.41. The fourth-order valence-corrected chi connectivity index (χ4v) is 2.96. The second-order valence-electron chi connectivity index (χ2n) is 5.38. The Morgan fingerprint density at radius 1 is 1.25 bits per heavy atom. The molecule has 20 heavy (non-hydrogen) atoms. The van der Waals surface area contributed by atoms with Crippen molar-refractivity contribution in [3.63, 3.8) is 0 Å². The van der Waals surface area contributed by atoms with Gasteiger partial charge in [0.15, 0.2) is 0 Å². The lowest BCUT2D eigenvalue weighted by Gasteiger charge is -2.35. The van der Waals surface area contributed by atoms with Gasteiger partial charge < -0.3 is 10.2 Å². The van der Waals surface area contributed by atoms with Crippen molar-refractivity contribution in [3.8, 4) is 0 Å². The Bertz CT molecular complexity index is 594. The molecule has 1 unspecified atom stereocenters. The molecule has 2 heterocycles. The van der Waals surface area contributed by atoms with Crippen molar-refractivity contribution in [1.82, 2.24) is 10.3 Å². The molecule has 3 heteroatoms. The van der Waals surface area contributed by atoms with Gasteiger partial charge in [-0.15, -0.1) is 0 Å². The first-order valence-electron chi connectivity index (χ1n) is 7.21. The standard InChI is InChI=1S/C17H21N3/c1-13-6-5-10-19-16(13)12-20-11-9-15(18-2)14-7-3-4-8-17(14)20/h3-8,10,15,18H,9,11-12H2,1-2H3. The second kappa shape index (κ2) is 5.63. The van der Waals surface area contributed by atoms with Crippen molar-refractivity contribution in [1.29, 1.82) is 0 Å². The molecule has 104 valence electrons. The zero-order valence-corrected chi connectivity index (χ0v) is 12.1. The molecule has 0 aliphatic carbocycles. The Hall–Kier alpha value is -1.87. The van der Waals surface area contributed by atoms with E-state index in [0.29, 0.717) is 6.04 Å². The molecule has 1 aliphatic rings. The van der Waals surface area contributed by atoms with Crippen molar-refractivity contribution in [3.05, 3.63) is 59.4 Å². The highest BCUT2D eigenvalue weighted by atomic mass is 15.2. The number of anilines is 1. The van der Waals surface area contributed by atoms with E-state index < -0.39 is 0 Å². The van der Waals surface area contributed by atoms with Crippen LogP contribution in [0.25, 0.3) is 0 Å². The van der Waals surface area contributed by atoms with Gasteiger partial charge in [0, 0.05) is 24.5 Å². The molecule has 0 bridgehead atoms. The molecule has 1 atom stereocenters. The summed E-state index contributed by atoms with van der Waals surface area (Å²) < 4.78 is 0. The van der Waals surface area contributed by atoms with Crippen LogP contribution >= 0.6 is 0 Å². The van der Waals surface area contributed by atoms with Gasteiger partial charge in [0.2, 0.25) is 0 Å². The number of pyridine rings is 1. The van der Waals surface area contributed by atoms with Crippen LogP contribution in [-0.2, 0) is 6.54 Å². The van der Waals surface area contributed by atoms with Gasteiger partial charge in [-0.3, -0.25) is 4.98 Å². The van der Waals surface area contributed by atoms with Crippen LogP contribution < -0.4 is 10.2 Å². The molecular weight excluding hydrogens is 246 g/mol. The lowest BCUT2D eigenvalue weighted by atomic mass is 9.96. The minimum Gasteiger partial charge on any atom is -0.365 e. The van der Waals surface area contributed by atoms with Gasteiger partial charge in [-0.25, -0.2) is 0 Å². The highest BCUT2D eigenvalue weighted by Gasteiger charge is 2.23. The molecule has 3 nitrogen and oxygen atoms in total. The van der Waals surface area contributed by atoms with Crippen LogP contribution in [0.4, 0.5) is 5.69 Å². The minimum absolute atomic E-state index is 0.465. The molecule has 1 N–H and O–H groups in total. The molecule has 0 saturated carbocycles. The highest BCUT2D eigenvalue weighted by molar-refractivity contribution is 5.57. The van der Waals surface area contributed by atoms with E-state index in [1.807, 2.05) is 19.3 Å². The average molecular weight is 267 g/mol. The third-order valence-electron chi connectivity index (χ3n) is 4.15. The molecule has 1 aromatic heterocycles. The zero-order chi connectivity index (χ0) is 13.9. The molecule has 2 aromatic rings. The molecule has 0 saturated heterocycles. The van der Waals surface area contributed by atoms with Crippen LogP contribution in [0.2, 0.25) is 0 Å². The summed E-state index contributed by atoms with van der Waals surface area (Å²) in [4.78, 5) is 6.97. The second-order valence-corrected chi connectivity index (χ2v) is 5.38. The van der Waals surface area contributed by atoms with Crippen molar-refractivity contribution >= 4 is 5.69 Å². The van der Waals surface area contributed by atoms with E-state index >= 15 is 0 Å². The monoisotopic (exact) mass is 267 g/mol. The van der Waals surface area contributed by atoms with Crippen LogP contribution in [-0.4, -0.2) is 18.6 Å². The summed E-state index contributed by atoms with van der Waals surface area (Å²) in [6.45, 7) is 4.09. The molecule has 1 aromatic carbocycles. The Kier molecular flexibility index (Phi) is 3.70. The molecule has 0 spiro atoms. The SMILES string of the molecule is CNC1CCN(Cc2ncccc2C)c2ccccc21. The molecule has 0 amide bonds.